The SMILES string of the molecule is CCCCCCOc1nsnc1-c1cccc[n+]1C. The van der Waals surface area contributed by atoms with E-state index in [1.54, 1.807) is 0 Å². The summed E-state index contributed by atoms with van der Waals surface area (Å²) < 4.78 is 16.4. The van der Waals surface area contributed by atoms with Crippen LogP contribution in [0.2, 0.25) is 0 Å². The standard InChI is InChI=1S/C14H20N3OS/c1-3-4-5-8-11-18-14-13(15-19-16-14)12-9-6-7-10-17(12)2/h6-7,9-10H,3-5,8,11H2,1-2H3/q+1. The Morgan fingerprint density at radius 1 is 1.21 bits per heavy atom. The van der Waals surface area contributed by atoms with E-state index in [0.29, 0.717) is 5.88 Å². The molecule has 2 aromatic rings. The Labute approximate surface area is 118 Å². The van der Waals surface area contributed by atoms with Crippen molar-refractivity contribution in [2.24, 2.45) is 7.05 Å². The van der Waals surface area contributed by atoms with Crippen LogP contribution in [-0.2, 0) is 7.05 Å². The molecule has 0 spiro atoms. The minimum absolute atomic E-state index is 0.656. The van der Waals surface area contributed by atoms with Crippen molar-refractivity contribution in [1.29, 1.82) is 0 Å². The Bertz CT molecular complexity index is 513. The molecule has 0 aliphatic carbocycles. The molecule has 0 N–H and O–H groups in total. The average Bonchev–Trinajstić information content (AvgIpc) is 2.87. The molecule has 0 fully saturated rings. The lowest BCUT2D eigenvalue weighted by Gasteiger charge is -2.03. The zero-order valence-electron chi connectivity index (χ0n) is 11.5. The first-order valence-electron chi connectivity index (χ1n) is 6.73. The van der Waals surface area contributed by atoms with Crippen molar-refractivity contribution in [2.75, 3.05) is 6.61 Å². The number of unbranched alkanes of at least 4 members (excludes halogenated alkanes) is 3. The van der Waals surface area contributed by atoms with Gasteiger partial charge < -0.3 is 4.74 Å². The Kier molecular flexibility index (Phi) is 5.27. The summed E-state index contributed by atoms with van der Waals surface area (Å²) >= 11 is 1.20. The number of aromatic nitrogens is 3. The van der Waals surface area contributed by atoms with Crippen LogP contribution in [0.4, 0.5) is 0 Å². The van der Waals surface area contributed by atoms with Crippen LogP contribution < -0.4 is 9.30 Å². The summed E-state index contributed by atoms with van der Waals surface area (Å²) in [7, 11) is 2.00. The summed E-state index contributed by atoms with van der Waals surface area (Å²) in [6.45, 7) is 2.92. The topological polar surface area (TPSA) is 38.9 Å². The van der Waals surface area contributed by atoms with E-state index in [2.05, 4.69) is 15.7 Å². The maximum absolute atomic E-state index is 5.76. The van der Waals surface area contributed by atoms with Crippen molar-refractivity contribution in [1.82, 2.24) is 8.75 Å². The van der Waals surface area contributed by atoms with Gasteiger partial charge in [0, 0.05) is 12.1 Å². The molecule has 0 saturated heterocycles. The Morgan fingerprint density at radius 2 is 2.11 bits per heavy atom. The van der Waals surface area contributed by atoms with E-state index in [-0.39, 0.29) is 0 Å². The van der Waals surface area contributed by atoms with Gasteiger partial charge in [-0.1, -0.05) is 26.2 Å². The molecule has 4 nitrogen and oxygen atoms in total. The van der Waals surface area contributed by atoms with E-state index in [4.69, 9.17) is 4.74 Å². The number of rotatable bonds is 7. The molecule has 102 valence electrons. The van der Waals surface area contributed by atoms with E-state index < -0.39 is 0 Å². The number of aryl methyl sites for hydroxylation is 1. The molecule has 0 saturated carbocycles. The van der Waals surface area contributed by atoms with Gasteiger partial charge in [-0.25, -0.2) is 0 Å². The molecule has 0 aromatic carbocycles. The summed E-state index contributed by atoms with van der Waals surface area (Å²) in [6, 6.07) is 6.02. The third-order valence-corrected chi connectivity index (χ3v) is 3.50. The van der Waals surface area contributed by atoms with Gasteiger partial charge in [-0.15, -0.1) is 4.37 Å². The predicted octanol–water partition coefficient (Wildman–Crippen LogP) is 2.99. The second-order valence-electron chi connectivity index (χ2n) is 4.52. The lowest BCUT2D eigenvalue weighted by atomic mass is 10.2. The summed E-state index contributed by atoms with van der Waals surface area (Å²) in [6.07, 6.45) is 6.79. The minimum atomic E-state index is 0.656. The van der Waals surface area contributed by atoms with Crippen molar-refractivity contribution in [3.63, 3.8) is 0 Å². The van der Waals surface area contributed by atoms with E-state index in [1.807, 2.05) is 36.0 Å². The largest absolute Gasteiger partial charge is 0.475 e. The number of hydrogen-bond acceptors (Lipinski definition) is 4. The first-order valence-corrected chi connectivity index (χ1v) is 7.46. The highest BCUT2D eigenvalue weighted by molar-refractivity contribution is 6.99. The average molecular weight is 278 g/mol. The van der Waals surface area contributed by atoms with Crippen LogP contribution in [0.5, 0.6) is 5.88 Å². The van der Waals surface area contributed by atoms with Crippen LogP contribution in [0.3, 0.4) is 0 Å². The summed E-state index contributed by atoms with van der Waals surface area (Å²) in [5.41, 5.74) is 1.86. The van der Waals surface area contributed by atoms with Gasteiger partial charge >= 0.3 is 0 Å². The van der Waals surface area contributed by atoms with Gasteiger partial charge in [0.1, 0.15) is 7.05 Å². The zero-order valence-corrected chi connectivity index (χ0v) is 12.3. The molecule has 5 heteroatoms. The number of nitrogens with zero attached hydrogens (tertiary/aromatic N) is 3. The molecule has 2 heterocycles. The molecule has 0 radical (unpaired) electrons. The Morgan fingerprint density at radius 3 is 2.89 bits per heavy atom. The van der Waals surface area contributed by atoms with Gasteiger partial charge in [0.15, 0.2) is 6.20 Å². The van der Waals surface area contributed by atoms with Gasteiger partial charge in [0.2, 0.25) is 11.4 Å². The summed E-state index contributed by atoms with van der Waals surface area (Å²) in [5, 5.41) is 0. The van der Waals surface area contributed by atoms with E-state index in [9.17, 15) is 0 Å². The first-order chi connectivity index (χ1) is 9.33. The van der Waals surface area contributed by atoms with Crippen molar-refractivity contribution >= 4 is 11.7 Å². The van der Waals surface area contributed by atoms with Crippen LogP contribution in [0, 0.1) is 0 Å². The molecule has 0 amide bonds. The normalized spacial score (nSPS) is 10.6. The monoisotopic (exact) mass is 278 g/mol. The molecule has 0 atom stereocenters. The van der Waals surface area contributed by atoms with Crippen molar-refractivity contribution < 1.29 is 9.30 Å². The van der Waals surface area contributed by atoms with E-state index in [1.165, 1.54) is 31.0 Å². The lowest BCUT2D eigenvalue weighted by molar-refractivity contribution is -0.660. The van der Waals surface area contributed by atoms with Crippen molar-refractivity contribution in [3.8, 4) is 17.3 Å². The Balaban J connectivity index is 2.00. The highest BCUT2D eigenvalue weighted by Gasteiger charge is 2.19. The maximum Gasteiger partial charge on any atom is 0.260 e. The van der Waals surface area contributed by atoms with Crippen LogP contribution in [-0.4, -0.2) is 15.4 Å². The molecule has 19 heavy (non-hydrogen) atoms. The fourth-order valence-electron chi connectivity index (χ4n) is 1.90. The van der Waals surface area contributed by atoms with Gasteiger partial charge in [-0.2, -0.15) is 8.94 Å². The van der Waals surface area contributed by atoms with Crippen LogP contribution in [0.15, 0.2) is 24.4 Å². The summed E-state index contributed by atoms with van der Waals surface area (Å²) in [4.78, 5) is 0. The van der Waals surface area contributed by atoms with Crippen molar-refractivity contribution in [3.05, 3.63) is 24.4 Å². The molecule has 0 aliphatic rings. The molecule has 0 bridgehead atoms. The third-order valence-electron chi connectivity index (χ3n) is 2.99. The highest BCUT2D eigenvalue weighted by atomic mass is 32.1. The van der Waals surface area contributed by atoms with Crippen molar-refractivity contribution in [2.45, 2.75) is 32.6 Å². The third kappa shape index (κ3) is 3.73. The smallest absolute Gasteiger partial charge is 0.260 e. The van der Waals surface area contributed by atoms with Crippen LogP contribution in [0.25, 0.3) is 11.4 Å². The molecule has 0 unspecified atom stereocenters. The molecule has 2 rings (SSSR count). The summed E-state index contributed by atoms with van der Waals surface area (Å²) in [5.74, 6) is 0.656. The number of pyridine rings is 1. The van der Waals surface area contributed by atoms with Crippen LogP contribution >= 0.6 is 11.7 Å². The molecular formula is C14H20N3OS+. The van der Waals surface area contributed by atoms with Gasteiger partial charge in [-0.3, -0.25) is 0 Å². The lowest BCUT2D eigenvalue weighted by Crippen LogP contribution is -2.30. The predicted molar refractivity (Wildman–Crippen MR) is 76.2 cm³/mol. The van der Waals surface area contributed by atoms with Gasteiger partial charge in [0.25, 0.3) is 5.88 Å². The fraction of sp³-hybridized carbons (Fsp3) is 0.500. The molecule has 2 aromatic heterocycles. The molecular weight excluding hydrogens is 258 g/mol. The minimum Gasteiger partial charge on any atom is -0.475 e. The second kappa shape index (κ2) is 7.19. The zero-order chi connectivity index (χ0) is 13.5. The second-order valence-corrected chi connectivity index (χ2v) is 5.05. The van der Waals surface area contributed by atoms with E-state index >= 15 is 0 Å². The quantitative estimate of drug-likeness (QED) is 0.577. The first kappa shape index (κ1) is 13.9. The van der Waals surface area contributed by atoms with E-state index in [0.717, 1.165) is 24.4 Å². The van der Waals surface area contributed by atoms with Crippen LogP contribution in [0.1, 0.15) is 32.6 Å². The molecule has 0 aliphatic heterocycles. The fourth-order valence-corrected chi connectivity index (χ4v) is 2.41. The highest BCUT2D eigenvalue weighted by Crippen LogP contribution is 2.25. The van der Waals surface area contributed by atoms with Gasteiger partial charge in [-0.05, 0) is 12.5 Å². The van der Waals surface area contributed by atoms with Gasteiger partial charge in [0.05, 0.1) is 18.3 Å². The Hall–Kier alpha value is -1.49. The maximum atomic E-state index is 5.76. The number of ether oxygens (including phenoxy) is 1. The number of hydrogen-bond donors (Lipinski definition) is 0.